The van der Waals surface area contributed by atoms with E-state index in [0.29, 0.717) is 52.6 Å². The van der Waals surface area contributed by atoms with Gasteiger partial charge in [-0.15, -0.1) is 17.7 Å². The maximum atomic E-state index is 12.8. The van der Waals surface area contributed by atoms with Gasteiger partial charge in [-0.25, -0.2) is 17.7 Å². The first-order chi connectivity index (χ1) is 15.2. The molecule has 1 amide bonds. The zero-order valence-corrected chi connectivity index (χ0v) is 21.3. The molecule has 0 bridgehead atoms. The number of aliphatic carboxylic acids is 1. The Hall–Kier alpha value is -2.03. The number of carbonyl (C=O) groups excluding carboxylic acids is 2. The van der Waals surface area contributed by atoms with E-state index in [9.17, 15) is 14.4 Å². The minimum Gasteiger partial charge on any atom is -0.481 e. The van der Waals surface area contributed by atoms with Gasteiger partial charge in [0.05, 0.1) is 0 Å². The van der Waals surface area contributed by atoms with Crippen molar-refractivity contribution in [1.29, 1.82) is 0 Å². The van der Waals surface area contributed by atoms with Crippen LogP contribution >= 0.6 is 23.2 Å². The third-order valence-electron chi connectivity index (χ3n) is 4.61. The third kappa shape index (κ3) is 11.9. The van der Waals surface area contributed by atoms with Gasteiger partial charge in [0.25, 0.3) is 0 Å². The van der Waals surface area contributed by atoms with Gasteiger partial charge in [0.1, 0.15) is 0 Å². The molecule has 0 aliphatic rings. The molecule has 5 nitrogen and oxygen atoms in total. The smallest absolute Gasteiger partial charge is 0.481 e. The summed E-state index contributed by atoms with van der Waals surface area (Å²) >= 11 is 12.0. The number of hydrogen-bond acceptors (Lipinski definition) is 3. The normalized spacial score (nSPS) is 11.6. The van der Waals surface area contributed by atoms with E-state index in [1.165, 1.54) is 0 Å². The van der Waals surface area contributed by atoms with Gasteiger partial charge in [-0.05, 0) is 37.0 Å². The van der Waals surface area contributed by atoms with E-state index in [-0.39, 0.29) is 56.7 Å². The summed E-state index contributed by atoms with van der Waals surface area (Å²) in [5.74, 6) is -1.55. The molecule has 0 spiro atoms. The number of Topliss-reactive ketones (excluding diaryl/α,β-unsaturated/α-hetero) is 1. The number of anilines is 1. The Labute approximate surface area is 224 Å². The largest absolute Gasteiger partial charge is 1.00 e. The average Bonchev–Trinajstić information content (AvgIpc) is 2.69. The van der Waals surface area contributed by atoms with Crippen LogP contribution < -0.4 is 24.2 Å². The number of carboxylic acid groups (broad SMARTS) is 1. The number of carbonyl (C=O) groups is 3. The van der Waals surface area contributed by atoms with Crippen molar-refractivity contribution in [3.8, 4) is 0 Å². The molecule has 0 heterocycles. The van der Waals surface area contributed by atoms with Crippen molar-refractivity contribution in [2.75, 3.05) is 5.32 Å². The second kappa shape index (κ2) is 16.6. The van der Waals surface area contributed by atoms with Crippen LogP contribution in [0.1, 0.15) is 51.0 Å². The van der Waals surface area contributed by atoms with E-state index < -0.39 is 5.97 Å². The molecule has 0 unspecified atom stereocenters. The number of rotatable bonds is 12. The van der Waals surface area contributed by atoms with Crippen LogP contribution in [-0.2, 0) is 14.4 Å². The second-order valence-corrected chi connectivity index (χ2v) is 8.44. The maximum absolute atomic E-state index is 12.8. The fraction of sp³-hybridized carbons (Fsp3) is 0.308. The van der Waals surface area contributed by atoms with Crippen LogP contribution in [0.5, 0.6) is 0 Å². The van der Waals surface area contributed by atoms with Crippen molar-refractivity contribution in [1.82, 2.24) is 0 Å². The fourth-order valence-electron chi connectivity index (χ4n) is 3.13. The van der Waals surface area contributed by atoms with Crippen LogP contribution in [0.4, 0.5) is 5.69 Å². The molecule has 2 N–H and O–H groups in total. The molecule has 0 fully saturated rings. The van der Waals surface area contributed by atoms with E-state index in [1.807, 2.05) is 0 Å². The van der Waals surface area contributed by atoms with Gasteiger partial charge in [-0.2, -0.15) is 12.1 Å². The number of nitrogens with one attached hydrogen (secondary N) is 1. The summed E-state index contributed by atoms with van der Waals surface area (Å²) in [6.07, 6.45) is 5.22. The summed E-state index contributed by atoms with van der Waals surface area (Å²) in [5.41, 5.74) is 1.53. The molecular formula is C26H28Cl2LiNO4-2. The maximum Gasteiger partial charge on any atom is 1.00 e. The topological polar surface area (TPSA) is 83.5 Å². The van der Waals surface area contributed by atoms with E-state index >= 15 is 0 Å². The van der Waals surface area contributed by atoms with Gasteiger partial charge >= 0.3 is 24.8 Å². The Balaban J connectivity index is 0.00000544. The predicted molar refractivity (Wildman–Crippen MR) is 133 cm³/mol. The number of ketones is 1. The number of halogens is 2. The van der Waals surface area contributed by atoms with Gasteiger partial charge in [0.2, 0.25) is 5.91 Å². The summed E-state index contributed by atoms with van der Waals surface area (Å²) in [6, 6.07) is 14.9. The van der Waals surface area contributed by atoms with Crippen LogP contribution in [0.3, 0.4) is 0 Å². The van der Waals surface area contributed by atoms with Gasteiger partial charge in [0.15, 0.2) is 0 Å². The second-order valence-electron chi connectivity index (χ2n) is 7.57. The molecule has 0 aliphatic heterocycles. The molecule has 0 radical (unpaired) electrons. The summed E-state index contributed by atoms with van der Waals surface area (Å²) in [5, 5.41) is 12.8. The molecule has 2 aromatic rings. The Bertz CT molecular complexity index is 994. The molecule has 0 saturated heterocycles. The Morgan fingerprint density at radius 2 is 1.79 bits per heavy atom. The number of benzene rings is 2. The minimum atomic E-state index is -0.940. The molecule has 8 heteroatoms. The third-order valence-corrected chi connectivity index (χ3v) is 5.08. The molecule has 0 aromatic heterocycles. The Morgan fingerprint density at radius 1 is 1.09 bits per heavy atom. The Kier molecular flexibility index (Phi) is 15.6. The number of unbranched alkanes of at least 4 members (excludes halogenated alkanes) is 2. The average molecular weight is 496 g/mol. The first-order valence-corrected chi connectivity index (χ1v) is 11.1. The monoisotopic (exact) mass is 495 g/mol. The van der Waals surface area contributed by atoms with Crippen molar-refractivity contribution < 1.29 is 38.4 Å². The number of hydrogen-bond donors (Lipinski definition) is 2. The molecule has 178 valence electrons. The minimum absolute atomic E-state index is 0. The van der Waals surface area contributed by atoms with Crippen molar-refractivity contribution in [3.63, 3.8) is 0 Å². The van der Waals surface area contributed by atoms with Crippen LogP contribution in [0.25, 0.3) is 5.57 Å². The summed E-state index contributed by atoms with van der Waals surface area (Å²) < 4.78 is 0. The molecule has 0 aliphatic carbocycles. The van der Waals surface area contributed by atoms with Gasteiger partial charge in [-0.1, -0.05) is 42.5 Å². The molecule has 2 rings (SSSR count). The SMILES string of the molecule is C[C@H](CC(=O)O)CC(=O)C(=[C-]CCCCC(=O)Nc1cccc(Cl)c1)c1[c-]ccc(Cl)c1.[CH3-].[Li+]. The number of allylic oxidation sites excluding steroid dienone is 2. The van der Waals surface area contributed by atoms with Crippen molar-refractivity contribution in [2.45, 2.75) is 45.4 Å². The molecular weight excluding hydrogens is 468 g/mol. The molecule has 2 aromatic carbocycles. The summed E-state index contributed by atoms with van der Waals surface area (Å²) in [6.45, 7) is 1.73. The van der Waals surface area contributed by atoms with Gasteiger partial charge in [0, 0.05) is 29.3 Å². The van der Waals surface area contributed by atoms with E-state index in [1.54, 1.807) is 49.4 Å². The number of amides is 1. The predicted octanol–water partition coefficient (Wildman–Crippen LogP) is 3.70. The zero-order chi connectivity index (χ0) is 23.5. The van der Waals surface area contributed by atoms with Crippen LogP contribution in [0.2, 0.25) is 10.0 Å². The van der Waals surface area contributed by atoms with Crippen molar-refractivity contribution in [2.24, 2.45) is 5.92 Å². The van der Waals surface area contributed by atoms with Crippen LogP contribution in [0, 0.1) is 25.5 Å². The molecule has 34 heavy (non-hydrogen) atoms. The molecule has 1 atom stereocenters. The quantitative estimate of drug-likeness (QED) is 0.203. The Morgan fingerprint density at radius 3 is 2.44 bits per heavy atom. The molecule has 0 saturated carbocycles. The van der Waals surface area contributed by atoms with Gasteiger partial charge < -0.3 is 22.6 Å². The fourth-order valence-corrected chi connectivity index (χ4v) is 3.49. The van der Waals surface area contributed by atoms with Crippen LogP contribution in [0.15, 0.2) is 42.5 Å². The zero-order valence-electron chi connectivity index (χ0n) is 19.8. The van der Waals surface area contributed by atoms with Crippen LogP contribution in [-0.4, -0.2) is 22.8 Å². The van der Waals surface area contributed by atoms with Crippen molar-refractivity contribution in [3.05, 3.63) is 77.6 Å². The first kappa shape index (κ1) is 32.0. The standard InChI is InChI=1S/C25H25Cl2NO4.CH3.Li/c1-17(14-25(31)32)13-23(29)22(18-7-5-8-19(26)15-18)11-3-2-4-12-24(30)28-21-10-6-9-20(27)16-21;;/h5-6,8-10,15-17H,2-4,12-14H2,1H3,(H,28,30)(H,31,32);1H3;/q-2;-1;+1/t17-;;/m0../s1. The summed E-state index contributed by atoms with van der Waals surface area (Å²) in [7, 11) is 0. The van der Waals surface area contributed by atoms with E-state index in [0.717, 1.165) is 0 Å². The van der Waals surface area contributed by atoms with Crippen molar-refractivity contribution >= 4 is 52.1 Å². The van der Waals surface area contributed by atoms with E-state index in [4.69, 9.17) is 28.3 Å². The first-order valence-electron chi connectivity index (χ1n) is 10.3. The summed E-state index contributed by atoms with van der Waals surface area (Å²) in [4.78, 5) is 35.8. The van der Waals surface area contributed by atoms with Gasteiger partial charge in [-0.3, -0.25) is 15.2 Å². The van der Waals surface area contributed by atoms with E-state index in [2.05, 4.69) is 17.5 Å². The number of carboxylic acids is 1.